The summed E-state index contributed by atoms with van der Waals surface area (Å²) in [5, 5.41) is 12.9. The van der Waals surface area contributed by atoms with Crippen LogP contribution in [0, 0.1) is 0 Å². The first-order chi connectivity index (χ1) is 9.56. The molecule has 104 valence electrons. The molecule has 0 saturated carbocycles. The molecule has 0 fully saturated rings. The third kappa shape index (κ3) is 3.47. The van der Waals surface area contributed by atoms with Gasteiger partial charge in [-0.2, -0.15) is 5.10 Å². The summed E-state index contributed by atoms with van der Waals surface area (Å²) >= 11 is 0. The van der Waals surface area contributed by atoms with Crippen molar-refractivity contribution in [1.29, 1.82) is 0 Å². The molecule has 0 saturated heterocycles. The van der Waals surface area contributed by atoms with Crippen molar-refractivity contribution < 1.29 is 9.90 Å². The van der Waals surface area contributed by atoms with Gasteiger partial charge in [-0.15, -0.1) is 0 Å². The molecular weight excluding hydrogens is 254 g/mol. The lowest BCUT2D eigenvalue weighted by Crippen LogP contribution is -2.17. The van der Waals surface area contributed by atoms with Gasteiger partial charge in [0.1, 0.15) is 0 Å². The van der Waals surface area contributed by atoms with Gasteiger partial charge in [-0.3, -0.25) is 4.68 Å². The molecule has 20 heavy (non-hydrogen) atoms. The minimum absolute atomic E-state index is 0.714. The lowest BCUT2D eigenvalue weighted by molar-refractivity contribution is -0.131. The first-order valence-electron chi connectivity index (χ1n) is 6.25. The molecule has 5 nitrogen and oxygen atoms in total. The lowest BCUT2D eigenvalue weighted by Gasteiger charge is -2.20. The predicted octanol–water partition coefficient (Wildman–Crippen LogP) is 2.15. The van der Waals surface area contributed by atoms with Crippen LogP contribution in [0.5, 0.6) is 0 Å². The second-order valence-electron chi connectivity index (χ2n) is 4.61. The van der Waals surface area contributed by atoms with Gasteiger partial charge in [-0.05, 0) is 17.7 Å². The lowest BCUT2D eigenvalue weighted by atomic mass is 10.1. The van der Waals surface area contributed by atoms with Crippen LogP contribution in [0.4, 0.5) is 5.69 Å². The Morgan fingerprint density at radius 2 is 2.20 bits per heavy atom. The van der Waals surface area contributed by atoms with Crippen LogP contribution in [0.25, 0.3) is 6.08 Å². The van der Waals surface area contributed by atoms with Gasteiger partial charge in [-0.25, -0.2) is 4.79 Å². The van der Waals surface area contributed by atoms with E-state index in [1.807, 2.05) is 50.8 Å². The molecule has 2 rings (SSSR count). The zero-order chi connectivity index (χ0) is 14.5. The van der Waals surface area contributed by atoms with E-state index in [0.29, 0.717) is 6.54 Å². The predicted molar refractivity (Wildman–Crippen MR) is 78.4 cm³/mol. The van der Waals surface area contributed by atoms with E-state index in [2.05, 4.69) is 10.00 Å². The Labute approximate surface area is 117 Å². The van der Waals surface area contributed by atoms with Crippen LogP contribution in [-0.4, -0.2) is 27.9 Å². The van der Waals surface area contributed by atoms with Crippen LogP contribution in [0.15, 0.2) is 42.7 Å². The number of anilines is 1. The van der Waals surface area contributed by atoms with Crippen LogP contribution in [0.3, 0.4) is 0 Å². The molecule has 2 aromatic rings. The molecular formula is C15H17N3O2. The smallest absolute Gasteiger partial charge is 0.328 e. The normalized spacial score (nSPS) is 10.9. The second kappa shape index (κ2) is 6.06. The standard InChI is InChI=1S/C15H17N3O2/c1-17(10-12-9-16-18(2)11-12)14-6-4-3-5-13(14)7-8-15(19)20/h3-9,11H,10H2,1-2H3,(H,19,20). The minimum atomic E-state index is -0.949. The van der Waals surface area contributed by atoms with Gasteiger partial charge >= 0.3 is 5.97 Å². The Morgan fingerprint density at radius 1 is 1.45 bits per heavy atom. The van der Waals surface area contributed by atoms with Crippen LogP contribution in [-0.2, 0) is 18.4 Å². The molecule has 0 unspecified atom stereocenters. The van der Waals surface area contributed by atoms with Gasteiger partial charge in [0, 0.05) is 44.2 Å². The number of aryl methyl sites for hydroxylation is 1. The summed E-state index contributed by atoms with van der Waals surface area (Å²) < 4.78 is 1.76. The fraction of sp³-hybridized carbons (Fsp3) is 0.200. The summed E-state index contributed by atoms with van der Waals surface area (Å²) in [7, 11) is 3.85. The van der Waals surface area contributed by atoms with Crippen molar-refractivity contribution in [1.82, 2.24) is 9.78 Å². The fourth-order valence-corrected chi connectivity index (χ4v) is 2.05. The van der Waals surface area contributed by atoms with E-state index in [0.717, 1.165) is 22.9 Å². The Morgan fingerprint density at radius 3 is 2.85 bits per heavy atom. The van der Waals surface area contributed by atoms with Gasteiger partial charge < -0.3 is 10.0 Å². The number of rotatable bonds is 5. The van der Waals surface area contributed by atoms with Crippen LogP contribution in [0.2, 0.25) is 0 Å². The first kappa shape index (κ1) is 13.9. The summed E-state index contributed by atoms with van der Waals surface area (Å²) in [6.07, 6.45) is 6.55. The number of hydrogen-bond acceptors (Lipinski definition) is 3. The highest BCUT2D eigenvalue weighted by atomic mass is 16.4. The molecule has 0 spiro atoms. The summed E-state index contributed by atoms with van der Waals surface area (Å²) in [4.78, 5) is 12.7. The van der Waals surface area contributed by atoms with E-state index >= 15 is 0 Å². The molecule has 0 aliphatic rings. The number of aliphatic carboxylic acids is 1. The molecule has 1 aromatic heterocycles. The molecule has 0 aliphatic heterocycles. The van der Waals surface area contributed by atoms with E-state index in [1.165, 1.54) is 0 Å². The summed E-state index contributed by atoms with van der Waals surface area (Å²) in [6, 6.07) is 7.70. The number of carbonyl (C=O) groups is 1. The van der Waals surface area contributed by atoms with Crippen molar-refractivity contribution in [3.63, 3.8) is 0 Å². The van der Waals surface area contributed by atoms with Crippen molar-refractivity contribution in [2.24, 2.45) is 7.05 Å². The van der Waals surface area contributed by atoms with Gasteiger partial charge in [-0.1, -0.05) is 18.2 Å². The molecule has 5 heteroatoms. The average Bonchev–Trinajstić information content (AvgIpc) is 2.82. The van der Waals surface area contributed by atoms with Crippen LogP contribution < -0.4 is 4.90 Å². The first-order valence-corrected chi connectivity index (χ1v) is 6.25. The number of hydrogen-bond donors (Lipinski definition) is 1. The van der Waals surface area contributed by atoms with E-state index in [9.17, 15) is 4.79 Å². The number of carboxylic acid groups (broad SMARTS) is 1. The Bertz CT molecular complexity index is 632. The third-order valence-electron chi connectivity index (χ3n) is 2.93. The Balaban J connectivity index is 2.20. The quantitative estimate of drug-likeness (QED) is 0.847. The van der Waals surface area contributed by atoms with Crippen LogP contribution in [0.1, 0.15) is 11.1 Å². The largest absolute Gasteiger partial charge is 0.478 e. The topological polar surface area (TPSA) is 58.4 Å². The van der Waals surface area contributed by atoms with Crippen LogP contribution >= 0.6 is 0 Å². The maximum absolute atomic E-state index is 10.6. The molecule has 0 atom stereocenters. The number of carboxylic acids is 1. The van der Waals surface area contributed by atoms with Crippen molar-refractivity contribution in [3.05, 3.63) is 53.9 Å². The Hall–Kier alpha value is -2.56. The average molecular weight is 271 g/mol. The Kier molecular flexibility index (Phi) is 4.20. The molecule has 0 aliphatic carbocycles. The van der Waals surface area contributed by atoms with Gasteiger partial charge in [0.25, 0.3) is 0 Å². The van der Waals surface area contributed by atoms with Gasteiger partial charge in [0.05, 0.1) is 6.20 Å². The third-order valence-corrected chi connectivity index (χ3v) is 2.93. The highest BCUT2D eigenvalue weighted by Crippen LogP contribution is 2.22. The number of aromatic nitrogens is 2. The zero-order valence-corrected chi connectivity index (χ0v) is 11.5. The number of benzene rings is 1. The SMILES string of the molecule is CN(Cc1cnn(C)c1)c1ccccc1C=CC(=O)O. The maximum atomic E-state index is 10.6. The van der Waals surface area contributed by atoms with Crippen molar-refractivity contribution >= 4 is 17.7 Å². The molecule has 0 amide bonds. The summed E-state index contributed by atoms with van der Waals surface area (Å²) in [5.74, 6) is -0.949. The van der Waals surface area contributed by atoms with Gasteiger partial charge in [0.15, 0.2) is 0 Å². The molecule has 0 radical (unpaired) electrons. The van der Waals surface area contributed by atoms with E-state index in [4.69, 9.17) is 5.11 Å². The summed E-state index contributed by atoms with van der Waals surface area (Å²) in [5.41, 5.74) is 2.96. The summed E-state index contributed by atoms with van der Waals surface area (Å²) in [6.45, 7) is 0.714. The van der Waals surface area contributed by atoms with Gasteiger partial charge in [0.2, 0.25) is 0 Å². The van der Waals surface area contributed by atoms with Crippen molar-refractivity contribution in [3.8, 4) is 0 Å². The van der Waals surface area contributed by atoms with Crippen molar-refractivity contribution in [2.45, 2.75) is 6.54 Å². The molecule has 1 heterocycles. The highest BCUT2D eigenvalue weighted by Gasteiger charge is 2.07. The minimum Gasteiger partial charge on any atom is -0.478 e. The number of nitrogens with zero attached hydrogens (tertiary/aromatic N) is 3. The highest BCUT2D eigenvalue weighted by molar-refractivity contribution is 5.86. The second-order valence-corrected chi connectivity index (χ2v) is 4.61. The van der Waals surface area contributed by atoms with E-state index < -0.39 is 5.97 Å². The van der Waals surface area contributed by atoms with E-state index in [-0.39, 0.29) is 0 Å². The van der Waals surface area contributed by atoms with Crippen molar-refractivity contribution in [2.75, 3.05) is 11.9 Å². The number of para-hydroxylation sites is 1. The fourth-order valence-electron chi connectivity index (χ4n) is 2.05. The maximum Gasteiger partial charge on any atom is 0.328 e. The molecule has 1 aromatic carbocycles. The molecule has 0 bridgehead atoms. The molecule has 1 N–H and O–H groups in total. The zero-order valence-electron chi connectivity index (χ0n) is 11.5. The van der Waals surface area contributed by atoms with E-state index in [1.54, 1.807) is 10.8 Å². The monoisotopic (exact) mass is 271 g/mol.